The zero-order valence-corrected chi connectivity index (χ0v) is 12.2. The monoisotopic (exact) mass is 280 g/mol. The van der Waals surface area contributed by atoms with Gasteiger partial charge >= 0.3 is 5.97 Å². The molecule has 4 fully saturated rings. The SMILES string of the molecule is C=C(C)C(=O)OCC12CC3CC(O)(CC(CO)(C3)C1)C2. The van der Waals surface area contributed by atoms with E-state index < -0.39 is 5.60 Å². The van der Waals surface area contributed by atoms with Gasteiger partial charge in [0, 0.05) is 17.6 Å². The number of aliphatic hydroxyl groups is 2. The predicted octanol–water partition coefficient (Wildman–Crippen LogP) is 1.80. The van der Waals surface area contributed by atoms with Gasteiger partial charge in [-0.05, 0) is 56.8 Å². The first kappa shape index (κ1) is 14.1. The molecule has 4 aliphatic carbocycles. The number of esters is 1. The highest BCUT2D eigenvalue weighted by Gasteiger charge is 2.63. The lowest BCUT2D eigenvalue weighted by Crippen LogP contribution is -2.62. The van der Waals surface area contributed by atoms with Crippen molar-refractivity contribution in [2.24, 2.45) is 16.7 Å². The summed E-state index contributed by atoms with van der Waals surface area (Å²) in [6.45, 7) is 5.72. The molecule has 0 saturated heterocycles. The summed E-state index contributed by atoms with van der Waals surface area (Å²) in [5.74, 6) is 0.0951. The molecule has 0 aromatic carbocycles. The second kappa shape index (κ2) is 4.31. The van der Waals surface area contributed by atoms with Crippen LogP contribution in [0.2, 0.25) is 0 Å². The first-order valence-corrected chi connectivity index (χ1v) is 7.45. The number of aliphatic hydroxyl groups excluding tert-OH is 1. The van der Waals surface area contributed by atoms with E-state index in [1.54, 1.807) is 6.92 Å². The summed E-state index contributed by atoms with van der Waals surface area (Å²) in [7, 11) is 0. The van der Waals surface area contributed by atoms with E-state index in [0.717, 1.165) is 25.7 Å². The molecule has 112 valence electrons. The van der Waals surface area contributed by atoms with Gasteiger partial charge in [0.2, 0.25) is 0 Å². The van der Waals surface area contributed by atoms with Crippen molar-refractivity contribution in [1.29, 1.82) is 0 Å². The average Bonchev–Trinajstić information content (AvgIpc) is 2.33. The Morgan fingerprint density at radius 3 is 2.50 bits per heavy atom. The average molecular weight is 280 g/mol. The highest BCUT2D eigenvalue weighted by Crippen LogP contribution is 2.66. The number of ether oxygens (including phenoxy) is 1. The summed E-state index contributed by atoms with van der Waals surface area (Å²) < 4.78 is 5.39. The molecule has 0 aromatic heterocycles. The highest BCUT2D eigenvalue weighted by atomic mass is 16.5. The van der Waals surface area contributed by atoms with Crippen LogP contribution in [0.15, 0.2) is 12.2 Å². The van der Waals surface area contributed by atoms with Crippen LogP contribution in [0.3, 0.4) is 0 Å². The Labute approximate surface area is 119 Å². The van der Waals surface area contributed by atoms with Gasteiger partial charge in [-0.1, -0.05) is 6.58 Å². The third kappa shape index (κ3) is 2.19. The quantitative estimate of drug-likeness (QED) is 0.609. The van der Waals surface area contributed by atoms with Crippen molar-refractivity contribution in [3.63, 3.8) is 0 Å². The topological polar surface area (TPSA) is 66.8 Å². The Morgan fingerprint density at radius 2 is 1.90 bits per heavy atom. The molecule has 0 aromatic rings. The van der Waals surface area contributed by atoms with Crippen molar-refractivity contribution in [3.05, 3.63) is 12.2 Å². The molecule has 0 amide bonds. The molecule has 4 atom stereocenters. The second-order valence-electron chi connectivity index (χ2n) is 7.75. The first-order valence-electron chi connectivity index (χ1n) is 7.45. The maximum Gasteiger partial charge on any atom is 0.333 e. The lowest BCUT2D eigenvalue weighted by Gasteiger charge is -2.64. The molecule has 4 heteroatoms. The smallest absolute Gasteiger partial charge is 0.333 e. The Kier molecular flexibility index (Phi) is 3.04. The second-order valence-corrected chi connectivity index (χ2v) is 7.75. The van der Waals surface area contributed by atoms with Gasteiger partial charge in [-0.3, -0.25) is 0 Å². The number of hydrogen-bond donors (Lipinski definition) is 2. The van der Waals surface area contributed by atoms with Gasteiger partial charge in [-0.25, -0.2) is 4.79 Å². The summed E-state index contributed by atoms with van der Waals surface area (Å²) >= 11 is 0. The molecule has 0 radical (unpaired) electrons. The van der Waals surface area contributed by atoms with Crippen LogP contribution in [-0.2, 0) is 9.53 Å². The Balaban J connectivity index is 1.79. The maximum absolute atomic E-state index is 11.6. The Hall–Kier alpha value is -0.870. The molecular formula is C16H24O4. The largest absolute Gasteiger partial charge is 0.462 e. The van der Waals surface area contributed by atoms with Crippen molar-refractivity contribution < 1.29 is 19.7 Å². The van der Waals surface area contributed by atoms with E-state index in [1.165, 1.54) is 0 Å². The minimum absolute atomic E-state index is 0.127. The summed E-state index contributed by atoms with van der Waals surface area (Å²) in [6.07, 6.45) is 5.09. The molecule has 0 heterocycles. The van der Waals surface area contributed by atoms with Gasteiger partial charge in [0.05, 0.1) is 12.2 Å². The zero-order valence-electron chi connectivity index (χ0n) is 12.2. The van der Waals surface area contributed by atoms with Crippen molar-refractivity contribution in [2.45, 2.75) is 51.0 Å². The summed E-state index contributed by atoms with van der Waals surface area (Å²) in [5.41, 5.74) is -0.575. The fourth-order valence-electron chi connectivity index (χ4n) is 5.47. The third-order valence-electron chi connectivity index (χ3n) is 5.46. The number of carbonyl (C=O) groups is 1. The van der Waals surface area contributed by atoms with Crippen LogP contribution in [0.4, 0.5) is 0 Å². The predicted molar refractivity (Wildman–Crippen MR) is 73.9 cm³/mol. The normalized spacial score (nSPS) is 45.5. The lowest BCUT2D eigenvalue weighted by atomic mass is 9.43. The minimum atomic E-state index is -0.669. The molecule has 4 unspecified atom stereocenters. The van der Waals surface area contributed by atoms with E-state index in [2.05, 4.69) is 6.58 Å². The fraction of sp³-hybridized carbons (Fsp3) is 0.812. The van der Waals surface area contributed by atoms with Crippen LogP contribution in [0, 0.1) is 16.7 Å². The molecule has 4 rings (SSSR count). The van der Waals surface area contributed by atoms with Gasteiger partial charge in [0.15, 0.2) is 0 Å². The number of carbonyl (C=O) groups excluding carboxylic acids is 1. The van der Waals surface area contributed by atoms with E-state index in [1.807, 2.05) is 0 Å². The van der Waals surface area contributed by atoms with Gasteiger partial charge in [0.25, 0.3) is 0 Å². The first-order chi connectivity index (χ1) is 9.29. The molecule has 4 saturated carbocycles. The van der Waals surface area contributed by atoms with Crippen LogP contribution in [-0.4, -0.2) is 35.0 Å². The molecule has 2 N–H and O–H groups in total. The van der Waals surface area contributed by atoms with Crippen LogP contribution >= 0.6 is 0 Å². The summed E-state index contributed by atoms with van der Waals surface area (Å²) in [6, 6.07) is 0. The van der Waals surface area contributed by atoms with E-state index in [9.17, 15) is 15.0 Å². The van der Waals surface area contributed by atoms with Crippen molar-refractivity contribution >= 4 is 5.97 Å². The van der Waals surface area contributed by atoms with Crippen molar-refractivity contribution in [2.75, 3.05) is 13.2 Å². The van der Waals surface area contributed by atoms with E-state index in [-0.39, 0.29) is 23.4 Å². The van der Waals surface area contributed by atoms with Crippen molar-refractivity contribution in [3.8, 4) is 0 Å². The van der Waals surface area contributed by atoms with Gasteiger partial charge in [-0.2, -0.15) is 0 Å². The van der Waals surface area contributed by atoms with Crippen LogP contribution in [0.1, 0.15) is 45.4 Å². The van der Waals surface area contributed by atoms with E-state index in [4.69, 9.17) is 4.74 Å². The summed E-state index contributed by atoms with van der Waals surface area (Å²) in [4.78, 5) is 11.6. The Morgan fingerprint density at radius 1 is 1.25 bits per heavy atom. The zero-order chi connectivity index (χ0) is 14.6. The molecule has 4 nitrogen and oxygen atoms in total. The third-order valence-corrected chi connectivity index (χ3v) is 5.46. The van der Waals surface area contributed by atoms with Gasteiger partial charge < -0.3 is 14.9 Å². The maximum atomic E-state index is 11.6. The standard InChI is InChI=1S/C16H24O4/c1-11(2)13(18)20-10-15-4-12-3-14(6-15,9-17)7-16(19,5-12)8-15/h12,17,19H,1,3-10H2,2H3. The van der Waals surface area contributed by atoms with E-state index in [0.29, 0.717) is 30.9 Å². The molecule has 0 spiro atoms. The molecule has 0 aliphatic heterocycles. The Bertz CT molecular complexity index is 459. The molecular weight excluding hydrogens is 256 g/mol. The van der Waals surface area contributed by atoms with Crippen molar-refractivity contribution in [1.82, 2.24) is 0 Å². The van der Waals surface area contributed by atoms with Crippen LogP contribution in [0.5, 0.6) is 0 Å². The molecule has 20 heavy (non-hydrogen) atoms. The van der Waals surface area contributed by atoms with E-state index >= 15 is 0 Å². The highest BCUT2D eigenvalue weighted by molar-refractivity contribution is 5.86. The van der Waals surface area contributed by atoms with Crippen LogP contribution < -0.4 is 0 Å². The lowest BCUT2D eigenvalue weighted by molar-refractivity contribution is -0.222. The number of rotatable bonds is 4. The van der Waals surface area contributed by atoms with Gasteiger partial charge in [-0.15, -0.1) is 0 Å². The fourth-order valence-corrected chi connectivity index (χ4v) is 5.47. The minimum Gasteiger partial charge on any atom is -0.462 e. The van der Waals surface area contributed by atoms with Gasteiger partial charge in [0.1, 0.15) is 0 Å². The summed E-state index contributed by atoms with van der Waals surface area (Å²) in [5, 5.41) is 20.6. The van der Waals surface area contributed by atoms with Crippen LogP contribution in [0.25, 0.3) is 0 Å². The molecule has 4 aliphatic rings. The molecule has 4 bridgehead atoms. The number of hydrogen-bond acceptors (Lipinski definition) is 4.